The molecule has 0 spiro atoms. The highest BCUT2D eigenvalue weighted by Crippen LogP contribution is 2.31. The predicted molar refractivity (Wildman–Crippen MR) is 82.8 cm³/mol. The fourth-order valence-electron chi connectivity index (χ4n) is 2.79. The number of hydrogen-bond acceptors (Lipinski definition) is 4. The van der Waals surface area contributed by atoms with Crippen LogP contribution in [-0.4, -0.2) is 16.2 Å². The molecule has 1 heterocycles. The molecule has 2 unspecified atom stereocenters. The number of rotatable bonds is 3. The molecule has 1 fully saturated rings. The van der Waals surface area contributed by atoms with Crippen LogP contribution in [0.5, 0.6) is 0 Å². The summed E-state index contributed by atoms with van der Waals surface area (Å²) in [6.07, 6.45) is 4.97. The third kappa shape index (κ3) is 3.39. The van der Waals surface area contributed by atoms with Crippen LogP contribution < -0.4 is 5.73 Å². The molecule has 0 radical (unpaired) electrons. The fourth-order valence-corrected chi connectivity index (χ4v) is 3.11. The number of nitrogens with zero attached hydrogens (tertiary/aromatic N) is 2. The maximum atomic E-state index is 6.15. The van der Waals surface area contributed by atoms with Gasteiger partial charge < -0.3 is 10.3 Å². The first-order valence-corrected chi connectivity index (χ1v) is 7.91. The monoisotopic (exact) mass is 325 g/mol. The molecule has 1 saturated carbocycles. The molecule has 2 atom stereocenters. The van der Waals surface area contributed by atoms with Gasteiger partial charge in [-0.2, -0.15) is 4.98 Å². The van der Waals surface area contributed by atoms with E-state index < -0.39 is 0 Å². The Bertz CT molecular complexity index is 629. The molecule has 1 aliphatic rings. The smallest absolute Gasteiger partial charge is 0.231 e. The van der Waals surface area contributed by atoms with Crippen LogP contribution in [-0.2, 0) is 6.42 Å². The zero-order valence-electron chi connectivity index (χ0n) is 11.6. The van der Waals surface area contributed by atoms with Gasteiger partial charge in [-0.25, -0.2) is 0 Å². The quantitative estimate of drug-likeness (QED) is 0.927. The van der Waals surface area contributed by atoms with Gasteiger partial charge in [-0.15, -0.1) is 0 Å². The number of nitrogens with two attached hydrogens (primary N) is 1. The van der Waals surface area contributed by atoms with Crippen molar-refractivity contribution in [3.63, 3.8) is 0 Å². The molecule has 1 aliphatic carbocycles. The Morgan fingerprint density at radius 1 is 1.19 bits per heavy atom. The van der Waals surface area contributed by atoms with E-state index in [-0.39, 0.29) is 12.0 Å². The zero-order valence-corrected chi connectivity index (χ0v) is 13.1. The predicted octanol–water partition coefficient (Wildman–Crippen LogP) is 3.95. The van der Waals surface area contributed by atoms with Crippen molar-refractivity contribution in [1.82, 2.24) is 10.1 Å². The van der Waals surface area contributed by atoms with Crippen LogP contribution in [0.1, 0.15) is 48.9 Å². The maximum Gasteiger partial charge on any atom is 0.231 e. The van der Waals surface area contributed by atoms with Gasteiger partial charge in [0.1, 0.15) is 0 Å². The zero-order chi connectivity index (χ0) is 14.8. The van der Waals surface area contributed by atoms with Gasteiger partial charge >= 0.3 is 0 Å². The van der Waals surface area contributed by atoms with Crippen LogP contribution in [0.3, 0.4) is 0 Å². The van der Waals surface area contributed by atoms with Crippen molar-refractivity contribution in [2.75, 3.05) is 0 Å². The summed E-state index contributed by atoms with van der Waals surface area (Å²) < 4.78 is 5.40. The third-order valence-corrected chi connectivity index (χ3v) is 4.71. The first kappa shape index (κ1) is 14.8. The summed E-state index contributed by atoms with van der Waals surface area (Å²) in [4.78, 5) is 4.50. The standard InChI is InChI=1S/C15H17Cl2N3O/c16-11-6-5-9(7-12(11)17)8-14-19-15(21-20-14)10-3-1-2-4-13(10)18/h5-7,10,13H,1-4,8,18H2. The van der Waals surface area contributed by atoms with Crippen LogP contribution >= 0.6 is 23.2 Å². The highest BCUT2D eigenvalue weighted by atomic mass is 35.5. The van der Waals surface area contributed by atoms with E-state index in [2.05, 4.69) is 10.1 Å². The lowest BCUT2D eigenvalue weighted by atomic mass is 9.85. The van der Waals surface area contributed by atoms with Crippen LogP contribution in [0.2, 0.25) is 10.0 Å². The Morgan fingerprint density at radius 2 is 2.00 bits per heavy atom. The summed E-state index contributed by atoms with van der Waals surface area (Å²) in [6.45, 7) is 0. The minimum atomic E-state index is 0.122. The van der Waals surface area contributed by atoms with E-state index in [0.29, 0.717) is 28.2 Å². The van der Waals surface area contributed by atoms with Crippen molar-refractivity contribution < 1.29 is 4.52 Å². The SMILES string of the molecule is NC1CCCCC1c1nc(Cc2ccc(Cl)c(Cl)c2)no1. The average Bonchev–Trinajstić information content (AvgIpc) is 2.92. The van der Waals surface area contributed by atoms with Crippen molar-refractivity contribution in [2.45, 2.75) is 44.1 Å². The second-order valence-corrected chi connectivity index (χ2v) is 6.34. The van der Waals surface area contributed by atoms with Crippen LogP contribution in [0, 0.1) is 0 Å². The molecule has 3 rings (SSSR count). The van der Waals surface area contributed by atoms with Crippen LogP contribution in [0.25, 0.3) is 0 Å². The molecule has 21 heavy (non-hydrogen) atoms. The maximum absolute atomic E-state index is 6.15. The lowest BCUT2D eigenvalue weighted by Gasteiger charge is -2.25. The van der Waals surface area contributed by atoms with Crippen molar-refractivity contribution >= 4 is 23.2 Å². The third-order valence-electron chi connectivity index (χ3n) is 3.97. The second kappa shape index (κ2) is 6.34. The molecule has 2 N–H and O–H groups in total. The topological polar surface area (TPSA) is 64.9 Å². The average molecular weight is 326 g/mol. The number of hydrogen-bond donors (Lipinski definition) is 1. The van der Waals surface area contributed by atoms with Gasteiger partial charge in [0.15, 0.2) is 5.82 Å². The molecular formula is C15H17Cl2N3O. The molecule has 0 bridgehead atoms. The molecular weight excluding hydrogens is 309 g/mol. The summed E-state index contributed by atoms with van der Waals surface area (Å²) in [7, 11) is 0. The van der Waals surface area contributed by atoms with Gasteiger partial charge in [0.05, 0.1) is 16.0 Å². The van der Waals surface area contributed by atoms with Gasteiger partial charge in [0.25, 0.3) is 0 Å². The van der Waals surface area contributed by atoms with E-state index >= 15 is 0 Å². The van der Waals surface area contributed by atoms with E-state index in [1.807, 2.05) is 12.1 Å². The molecule has 0 saturated heterocycles. The van der Waals surface area contributed by atoms with Gasteiger partial charge in [-0.3, -0.25) is 0 Å². The summed E-state index contributed by atoms with van der Waals surface area (Å²) in [5.74, 6) is 1.51. The molecule has 1 aromatic carbocycles. The molecule has 2 aromatic rings. The highest BCUT2D eigenvalue weighted by Gasteiger charge is 2.28. The van der Waals surface area contributed by atoms with E-state index in [4.69, 9.17) is 33.5 Å². The first-order chi connectivity index (χ1) is 10.1. The number of benzene rings is 1. The summed E-state index contributed by atoms with van der Waals surface area (Å²) in [5.41, 5.74) is 7.15. The van der Waals surface area contributed by atoms with Crippen LogP contribution in [0.4, 0.5) is 0 Å². The fraction of sp³-hybridized carbons (Fsp3) is 0.467. The normalized spacial score (nSPS) is 22.4. The summed E-state index contributed by atoms with van der Waals surface area (Å²) in [6, 6.07) is 5.64. The highest BCUT2D eigenvalue weighted by molar-refractivity contribution is 6.42. The van der Waals surface area contributed by atoms with Gasteiger partial charge in [-0.05, 0) is 30.5 Å². The van der Waals surface area contributed by atoms with Gasteiger partial charge in [0.2, 0.25) is 5.89 Å². The molecule has 0 aliphatic heterocycles. The summed E-state index contributed by atoms with van der Waals surface area (Å²) >= 11 is 11.9. The molecule has 4 nitrogen and oxygen atoms in total. The first-order valence-electron chi connectivity index (χ1n) is 7.15. The minimum Gasteiger partial charge on any atom is -0.339 e. The number of aromatic nitrogens is 2. The van der Waals surface area contributed by atoms with E-state index in [0.717, 1.165) is 18.4 Å². The second-order valence-electron chi connectivity index (χ2n) is 5.53. The Labute approximate surface area is 133 Å². The van der Waals surface area contributed by atoms with Gasteiger partial charge in [0, 0.05) is 12.5 Å². The Balaban J connectivity index is 1.74. The van der Waals surface area contributed by atoms with Crippen LogP contribution in [0.15, 0.2) is 22.7 Å². The Kier molecular flexibility index (Phi) is 4.48. The summed E-state index contributed by atoms with van der Waals surface area (Å²) in [5, 5.41) is 5.13. The largest absolute Gasteiger partial charge is 0.339 e. The minimum absolute atomic E-state index is 0.122. The van der Waals surface area contributed by atoms with Crippen molar-refractivity contribution in [3.8, 4) is 0 Å². The molecule has 1 aromatic heterocycles. The number of halogens is 2. The molecule has 0 amide bonds. The van der Waals surface area contributed by atoms with Crippen molar-refractivity contribution in [1.29, 1.82) is 0 Å². The van der Waals surface area contributed by atoms with E-state index in [1.165, 1.54) is 12.8 Å². The van der Waals surface area contributed by atoms with Gasteiger partial charge in [-0.1, -0.05) is 47.3 Å². The van der Waals surface area contributed by atoms with Crippen molar-refractivity contribution in [3.05, 3.63) is 45.5 Å². The lowest BCUT2D eigenvalue weighted by Crippen LogP contribution is -2.31. The molecule has 112 valence electrons. The Hall–Kier alpha value is -1.10. The van der Waals surface area contributed by atoms with E-state index in [9.17, 15) is 0 Å². The molecule has 6 heteroatoms. The van der Waals surface area contributed by atoms with Crippen molar-refractivity contribution in [2.24, 2.45) is 5.73 Å². The Morgan fingerprint density at radius 3 is 2.76 bits per heavy atom. The van der Waals surface area contributed by atoms with E-state index in [1.54, 1.807) is 6.07 Å². The lowest BCUT2D eigenvalue weighted by molar-refractivity contribution is 0.289.